The van der Waals surface area contributed by atoms with E-state index in [1.165, 1.54) is 48.5 Å². The number of rotatable bonds is 8. The van der Waals surface area contributed by atoms with Crippen molar-refractivity contribution in [1.82, 2.24) is 0 Å². The molecule has 7 nitrogen and oxygen atoms in total. The maximum Gasteiger partial charge on any atom is 0.433 e. The van der Waals surface area contributed by atoms with Crippen molar-refractivity contribution in [1.29, 1.82) is 0 Å². The van der Waals surface area contributed by atoms with Crippen LogP contribution in [0.25, 0.3) is 0 Å². The monoisotopic (exact) mass is 580 g/mol. The van der Waals surface area contributed by atoms with Crippen LogP contribution in [-0.2, 0) is 25.6 Å². The van der Waals surface area contributed by atoms with E-state index in [-0.39, 0.29) is 34.3 Å². The van der Waals surface area contributed by atoms with Gasteiger partial charge in [0.25, 0.3) is 10.0 Å². The summed E-state index contributed by atoms with van der Waals surface area (Å²) in [6.45, 7) is 3.69. The molecule has 0 saturated heterocycles. The van der Waals surface area contributed by atoms with Gasteiger partial charge in [0, 0.05) is 23.4 Å². The van der Waals surface area contributed by atoms with E-state index in [0.717, 1.165) is 22.7 Å². The Balaban J connectivity index is 1.99. The van der Waals surface area contributed by atoms with Gasteiger partial charge < -0.3 is 5.11 Å². The number of sulfonamides is 2. The van der Waals surface area contributed by atoms with Crippen LogP contribution < -0.4 is 9.03 Å². The molecule has 0 saturated carbocycles. The molecule has 0 fully saturated rings. The fraction of sp³-hybridized carbons (Fsp3) is 0.259. The lowest BCUT2D eigenvalue weighted by Crippen LogP contribution is -2.41. The van der Waals surface area contributed by atoms with Gasteiger partial charge in [-0.15, -0.1) is 0 Å². The first-order chi connectivity index (χ1) is 18.0. The molecule has 1 unspecified atom stereocenters. The van der Waals surface area contributed by atoms with Crippen LogP contribution in [0.5, 0.6) is 0 Å². The average Bonchev–Trinajstić information content (AvgIpc) is 2.85. The molecule has 0 aliphatic carbocycles. The number of halogens is 3. The Morgan fingerprint density at radius 2 is 1.46 bits per heavy atom. The smallest absolute Gasteiger partial charge is 0.366 e. The highest BCUT2D eigenvalue weighted by atomic mass is 32.2. The number of benzene rings is 3. The molecule has 0 radical (unpaired) electrons. The molecule has 0 heterocycles. The van der Waals surface area contributed by atoms with Crippen molar-refractivity contribution in [3.63, 3.8) is 0 Å². The average molecular weight is 581 g/mol. The molecule has 208 valence electrons. The second-order valence-corrected chi connectivity index (χ2v) is 12.8. The van der Waals surface area contributed by atoms with E-state index in [4.69, 9.17) is 0 Å². The zero-order chi connectivity index (χ0) is 29.1. The molecule has 12 heteroatoms. The molecule has 39 heavy (non-hydrogen) atoms. The molecule has 0 amide bonds. The Bertz CT molecular complexity index is 1560. The predicted octanol–water partition coefficient (Wildman–Crippen LogP) is 4.71. The molecule has 3 aromatic rings. The summed E-state index contributed by atoms with van der Waals surface area (Å²) >= 11 is 0. The summed E-state index contributed by atoms with van der Waals surface area (Å²) < 4.78 is 94.7. The molecule has 0 aliphatic heterocycles. The topological polar surface area (TPSA) is 104 Å². The minimum absolute atomic E-state index is 0.0325. The van der Waals surface area contributed by atoms with Gasteiger partial charge in [0.05, 0.1) is 16.8 Å². The van der Waals surface area contributed by atoms with Crippen LogP contribution in [0.4, 0.5) is 24.5 Å². The molecule has 3 aromatic carbocycles. The number of aliphatic hydroxyl groups is 1. The number of nitrogens with zero attached hydrogens (tertiary/aromatic N) is 1. The van der Waals surface area contributed by atoms with Crippen molar-refractivity contribution < 1.29 is 35.1 Å². The summed E-state index contributed by atoms with van der Waals surface area (Å²) in [6.07, 6.45) is -4.23. The predicted molar refractivity (Wildman–Crippen MR) is 144 cm³/mol. The van der Waals surface area contributed by atoms with Crippen LogP contribution in [0.1, 0.15) is 25.0 Å². The van der Waals surface area contributed by atoms with Gasteiger partial charge in [0.1, 0.15) is 0 Å². The van der Waals surface area contributed by atoms with Crippen molar-refractivity contribution in [2.24, 2.45) is 5.92 Å². The lowest BCUT2D eigenvalue weighted by molar-refractivity contribution is -0.240. The fourth-order valence-electron chi connectivity index (χ4n) is 3.57. The van der Waals surface area contributed by atoms with Crippen molar-refractivity contribution in [2.75, 3.05) is 21.8 Å². The fourth-order valence-corrected chi connectivity index (χ4v) is 5.78. The Morgan fingerprint density at radius 3 is 1.95 bits per heavy atom. The quantitative estimate of drug-likeness (QED) is 0.376. The number of hydrogen-bond donors (Lipinski definition) is 2. The highest BCUT2D eigenvalue weighted by molar-refractivity contribution is 7.93. The highest BCUT2D eigenvalue weighted by Gasteiger charge is 2.54. The van der Waals surface area contributed by atoms with Gasteiger partial charge in [-0.05, 0) is 60.4 Å². The van der Waals surface area contributed by atoms with E-state index in [0.29, 0.717) is 0 Å². The van der Waals surface area contributed by atoms with Gasteiger partial charge >= 0.3 is 6.18 Å². The van der Waals surface area contributed by atoms with Crippen molar-refractivity contribution in [3.05, 3.63) is 90.0 Å². The van der Waals surface area contributed by atoms with E-state index in [1.54, 1.807) is 18.2 Å². The summed E-state index contributed by atoms with van der Waals surface area (Å²) in [5, 5.41) is 10.7. The standard InChI is InChI=1S/C27H27F3N2O5S2/c1-20(2)19-32(39(36,37)25-7-5-4-6-8-25)24-15-11-22(12-16-24)26(33,27(28,29)30)18-17-21-9-13-23(14-10-21)31-38(3,34)35/h4-16,20,31,33H,19H2,1-3H3. The third-order valence-corrected chi connectivity index (χ3v) is 7.84. The summed E-state index contributed by atoms with van der Waals surface area (Å²) in [7, 11) is -7.55. The number of alkyl halides is 3. The minimum Gasteiger partial charge on any atom is -0.366 e. The Morgan fingerprint density at radius 1 is 0.897 bits per heavy atom. The zero-order valence-corrected chi connectivity index (χ0v) is 22.9. The van der Waals surface area contributed by atoms with Crippen LogP contribution in [0, 0.1) is 17.8 Å². The SMILES string of the molecule is CC(C)CN(c1ccc(C(O)(C#Cc2ccc(NS(C)(=O)=O)cc2)C(F)(F)F)cc1)S(=O)(=O)c1ccccc1. The highest BCUT2D eigenvalue weighted by Crippen LogP contribution is 2.39. The second kappa shape index (κ2) is 11.3. The van der Waals surface area contributed by atoms with Crippen LogP contribution in [0.2, 0.25) is 0 Å². The van der Waals surface area contributed by atoms with E-state index < -0.39 is 37.4 Å². The molecular formula is C27H27F3N2O5S2. The first-order valence-corrected chi connectivity index (χ1v) is 14.9. The third kappa shape index (κ3) is 7.32. The Hall–Kier alpha value is -3.53. The number of nitrogens with one attached hydrogen (secondary N) is 1. The maximum absolute atomic E-state index is 14.0. The minimum atomic E-state index is -5.19. The van der Waals surface area contributed by atoms with Crippen LogP contribution >= 0.6 is 0 Å². The first kappa shape index (κ1) is 30.0. The van der Waals surface area contributed by atoms with E-state index in [9.17, 15) is 35.1 Å². The van der Waals surface area contributed by atoms with E-state index in [1.807, 2.05) is 19.8 Å². The number of hydrogen-bond acceptors (Lipinski definition) is 5. The third-order valence-electron chi connectivity index (χ3n) is 5.42. The largest absolute Gasteiger partial charge is 0.433 e. The van der Waals surface area contributed by atoms with Gasteiger partial charge in [-0.25, -0.2) is 16.8 Å². The molecular weight excluding hydrogens is 553 g/mol. The lowest BCUT2D eigenvalue weighted by atomic mass is 9.93. The molecule has 0 aliphatic rings. The van der Waals surface area contributed by atoms with Crippen molar-refractivity contribution in [3.8, 4) is 11.8 Å². The van der Waals surface area contributed by atoms with E-state index >= 15 is 0 Å². The maximum atomic E-state index is 14.0. The van der Waals surface area contributed by atoms with Gasteiger partial charge in [-0.2, -0.15) is 13.2 Å². The molecule has 1 atom stereocenters. The van der Waals surface area contributed by atoms with Gasteiger partial charge in [0.2, 0.25) is 15.6 Å². The second-order valence-electron chi connectivity index (χ2n) is 9.20. The molecule has 2 N–H and O–H groups in total. The molecule has 0 aromatic heterocycles. The van der Waals surface area contributed by atoms with Gasteiger partial charge in [-0.1, -0.05) is 50.1 Å². The van der Waals surface area contributed by atoms with Crippen molar-refractivity contribution in [2.45, 2.75) is 30.5 Å². The molecule has 0 bridgehead atoms. The van der Waals surface area contributed by atoms with Crippen LogP contribution in [0.3, 0.4) is 0 Å². The summed E-state index contributed by atoms with van der Waals surface area (Å²) in [4.78, 5) is 0.0325. The van der Waals surface area contributed by atoms with Gasteiger partial charge in [-0.3, -0.25) is 9.03 Å². The Kier molecular flexibility index (Phi) is 8.69. The molecule has 0 spiro atoms. The summed E-state index contributed by atoms with van der Waals surface area (Å²) in [5.74, 6) is 4.07. The van der Waals surface area contributed by atoms with Crippen LogP contribution in [0.15, 0.2) is 83.8 Å². The first-order valence-electron chi connectivity index (χ1n) is 11.6. The zero-order valence-electron chi connectivity index (χ0n) is 21.3. The normalized spacial score (nSPS) is 13.7. The summed E-state index contributed by atoms with van der Waals surface area (Å²) in [6, 6.07) is 17.3. The Labute approximate surface area is 226 Å². The lowest BCUT2D eigenvalue weighted by Gasteiger charge is -2.28. The van der Waals surface area contributed by atoms with Gasteiger partial charge in [0.15, 0.2) is 0 Å². The number of anilines is 2. The molecule has 3 rings (SSSR count). The van der Waals surface area contributed by atoms with Crippen molar-refractivity contribution >= 4 is 31.4 Å². The van der Waals surface area contributed by atoms with Crippen LogP contribution in [-0.4, -0.2) is 40.9 Å². The van der Waals surface area contributed by atoms with E-state index in [2.05, 4.69) is 10.6 Å². The summed E-state index contributed by atoms with van der Waals surface area (Å²) in [5.41, 5.74) is -3.73.